The first kappa shape index (κ1) is 16.9. The quantitative estimate of drug-likeness (QED) is 0.871. The number of hydrogen-bond donors (Lipinski definition) is 1. The van der Waals surface area contributed by atoms with Gasteiger partial charge in [0.25, 0.3) is 0 Å². The number of aromatic nitrogens is 4. The van der Waals surface area contributed by atoms with Gasteiger partial charge in [0.1, 0.15) is 5.01 Å². The van der Waals surface area contributed by atoms with Gasteiger partial charge in [0.05, 0.1) is 6.20 Å². The molecule has 0 spiro atoms. The van der Waals surface area contributed by atoms with E-state index in [0.717, 1.165) is 50.2 Å². The summed E-state index contributed by atoms with van der Waals surface area (Å²) >= 11 is 1.47. The van der Waals surface area contributed by atoms with Crippen LogP contribution in [0.4, 0.5) is 9.93 Å². The molecule has 1 aliphatic heterocycles. The van der Waals surface area contributed by atoms with Crippen molar-refractivity contribution >= 4 is 22.5 Å². The van der Waals surface area contributed by atoms with Crippen LogP contribution in [-0.2, 0) is 19.9 Å². The first-order chi connectivity index (χ1) is 11.6. The minimum atomic E-state index is -0.0677. The minimum Gasteiger partial charge on any atom is -0.324 e. The van der Waals surface area contributed by atoms with E-state index in [1.807, 2.05) is 29.0 Å². The predicted molar refractivity (Wildman–Crippen MR) is 94.1 cm³/mol. The van der Waals surface area contributed by atoms with Crippen LogP contribution in [0, 0.1) is 5.92 Å². The summed E-state index contributed by atoms with van der Waals surface area (Å²) in [5.41, 5.74) is 1.23. The highest BCUT2D eigenvalue weighted by Crippen LogP contribution is 2.23. The van der Waals surface area contributed by atoms with Gasteiger partial charge in [-0.1, -0.05) is 24.7 Å². The van der Waals surface area contributed by atoms with Crippen molar-refractivity contribution < 1.29 is 4.79 Å². The van der Waals surface area contributed by atoms with E-state index >= 15 is 0 Å². The molecular weight excluding hydrogens is 324 g/mol. The molecule has 24 heavy (non-hydrogen) atoms. The molecule has 2 aromatic rings. The van der Waals surface area contributed by atoms with Gasteiger partial charge in [-0.25, -0.2) is 4.79 Å². The third-order valence-corrected chi connectivity index (χ3v) is 5.18. The van der Waals surface area contributed by atoms with Gasteiger partial charge in [-0.3, -0.25) is 10.00 Å². The highest BCUT2D eigenvalue weighted by atomic mass is 32.1. The molecule has 0 saturated carbocycles. The molecule has 2 amide bonds. The number of rotatable bonds is 6. The van der Waals surface area contributed by atoms with Crippen LogP contribution in [0.1, 0.15) is 36.8 Å². The number of urea groups is 1. The molecule has 2 aromatic heterocycles. The summed E-state index contributed by atoms with van der Waals surface area (Å²) in [7, 11) is 1.93. The molecule has 0 bridgehead atoms. The molecular formula is C16H24N6OS. The van der Waals surface area contributed by atoms with E-state index in [9.17, 15) is 4.79 Å². The zero-order valence-corrected chi connectivity index (χ0v) is 15.1. The van der Waals surface area contributed by atoms with Crippen molar-refractivity contribution in [3.8, 4) is 0 Å². The second kappa shape index (κ2) is 7.74. The van der Waals surface area contributed by atoms with Crippen molar-refractivity contribution in [2.24, 2.45) is 13.0 Å². The molecule has 0 radical (unpaired) electrons. The number of nitrogens with one attached hydrogen (secondary N) is 1. The number of nitrogens with zero attached hydrogens (tertiary/aromatic N) is 5. The van der Waals surface area contributed by atoms with Crippen molar-refractivity contribution in [1.29, 1.82) is 0 Å². The molecule has 7 nitrogen and oxygen atoms in total. The van der Waals surface area contributed by atoms with E-state index in [4.69, 9.17) is 0 Å². The van der Waals surface area contributed by atoms with Crippen LogP contribution in [-0.4, -0.2) is 44.0 Å². The topological polar surface area (TPSA) is 75.9 Å². The maximum atomic E-state index is 12.4. The van der Waals surface area contributed by atoms with Crippen LogP contribution in [0.2, 0.25) is 0 Å². The molecule has 1 N–H and O–H groups in total. The number of carbonyl (C=O) groups is 1. The Labute approximate surface area is 146 Å². The summed E-state index contributed by atoms with van der Waals surface area (Å²) in [6.45, 7) is 3.72. The summed E-state index contributed by atoms with van der Waals surface area (Å²) in [6.07, 6.45) is 9.11. The van der Waals surface area contributed by atoms with Gasteiger partial charge in [-0.15, -0.1) is 10.2 Å². The van der Waals surface area contributed by atoms with Gasteiger partial charge in [0.15, 0.2) is 0 Å². The average molecular weight is 348 g/mol. The lowest BCUT2D eigenvalue weighted by Crippen LogP contribution is -2.33. The molecule has 130 valence electrons. The number of amides is 2. The van der Waals surface area contributed by atoms with E-state index in [1.165, 1.54) is 16.9 Å². The normalized spacial score (nSPS) is 17.4. The molecule has 0 aromatic carbocycles. The molecule has 3 rings (SSSR count). The molecule has 1 atom stereocenters. The average Bonchev–Trinajstić information content (AvgIpc) is 3.28. The van der Waals surface area contributed by atoms with Crippen molar-refractivity contribution in [2.75, 3.05) is 18.4 Å². The fourth-order valence-corrected chi connectivity index (χ4v) is 3.77. The van der Waals surface area contributed by atoms with E-state index in [-0.39, 0.29) is 6.03 Å². The molecule has 1 aliphatic rings. The fraction of sp³-hybridized carbons (Fsp3) is 0.625. The number of anilines is 1. The molecule has 3 heterocycles. The highest BCUT2D eigenvalue weighted by molar-refractivity contribution is 7.15. The maximum Gasteiger partial charge on any atom is 0.323 e. The summed E-state index contributed by atoms with van der Waals surface area (Å²) in [4.78, 5) is 14.2. The van der Waals surface area contributed by atoms with E-state index in [0.29, 0.717) is 11.0 Å². The summed E-state index contributed by atoms with van der Waals surface area (Å²) in [5.74, 6) is 0.495. The van der Waals surface area contributed by atoms with Crippen LogP contribution < -0.4 is 5.32 Å². The Bertz CT molecular complexity index is 682. The summed E-state index contributed by atoms with van der Waals surface area (Å²) in [6, 6.07) is -0.0677. The monoisotopic (exact) mass is 348 g/mol. The minimum absolute atomic E-state index is 0.0677. The highest BCUT2D eigenvalue weighted by Gasteiger charge is 2.27. The van der Waals surface area contributed by atoms with Gasteiger partial charge in [-0.2, -0.15) is 5.10 Å². The zero-order valence-electron chi connectivity index (χ0n) is 14.2. The van der Waals surface area contributed by atoms with Crippen molar-refractivity contribution in [1.82, 2.24) is 24.9 Å². The van der Waals surface area contributed by atoms with E-state index in [2.05, 4.69) is 27.5 Å². The molecule has 1 unspecified atom stereocenters. The van der Waals surface area contributed by atoms with Gasteiger partial charge in [0.2, 0.25) is 5.13 Å². The standard InChI is InChI=1S/C16H24N6OS/c1-3-4-5-14-19-20-15(24-14)18-16(23)22-7-6-12(11-22)8-13-9-17-21(2)10-13/h9-10,12H,3-8,11H2,1-2H3,(H,18,20,23). The number of hydrogen-bond acceptors (Lipinski definition) is 5. The Hall–Kier alpha value is -1.96. The zero-order chi connectivity index (χ0) is 16.9. The Balaban J connectivity index is 1.48. The third kappa shape index (κ3) is 4.31. The van der Waals surface area contributed by atoms with Crippen LogP contribution in [0.25, 0.3) is 0 Å². The van der Waals surface area contributed by atoms with Crippen LogP contribution >= 0.6 is 11.3 Å². The van der Waals surface area contributed by atoms with Crippen LogP contribution in [0.15, 0.2) is 12.4 Å². The van der Waals surface area contributed by atoms with Gasteiger partial charge in [-0.05, 0) is 30.7 Å². The van der Waals surface area contributed by atoms with Crippen molar-refractivity contribution in [3.63, 3.8) is 0 Å². The Morgan fingerprint density at radius 2 is 2.33 bits per heavy atom. The largest absolute Gasteiger partial charge is 0.324 e. The SMILES string of the molecule is CCCCc1nnc(NC(=O)N2CCC(Cc3cnn(C)c3)C2)s1. The lowest BCUT2D eigenvalue weighted by atomic mass is 10.0. The van der Waals surface area contributed by atoms with E-state index < -0.39 is 0 Å². The van der Waals surface area contributed by atoms with Crippen LogP contribution in [0.5, 0.6) is 0 Å². The predicted octanol–water partition coefficient (Wildman–Crippen LogP) is 2.71. The molecule has 1 saturated heterocycles. The van der Waals surface area contributed by atoms with Crippen LogP contribution in [0.3, 0.4) is 0 Å². The number of likely N-dealkylation sites (tertiary alicyclic amines) is 1. The second-order valence-corrected chi connectivity index (χ2v) is 7.42. The number of unbranched alkanes of at least 4 members (excludes halogenated alkanes) is 1. The van der Waals surface area contributed by atoms with Gasteiger partial charge in [0, 0.05) is 32.8 Å². The van der Waals surface area contributed by atoms with Crippen molar-refractivity contribution in [2.45, 2.75) is 39.0 Å². The Kier molecular flexibility index (Phi) is 5.44. The first-order valence-electron chi connectivity index (χ1n) is 8.50. The molecule has 1 fully saturated rings. The van der Waals surface area contributed by atoms with Gasteiger partial charge < -0.3 is 4.90 Å². The van der Waals surface area contributed by atoms with Crippen molar-refractivity contribution in [3.05, 3.63) is 23.0 Å². The number of carbonyl (C=O) groups excluding carboxylic acids is 1. The lowest BCUT2D eigenvalue weighted by molar-refractivity contribution is 0.220. The fourth-order valence-electron chi connectivity index (χ4n) is 3.00. The van der Waals surface area contributed by atoms with Gasteiger partial charge >= 0.3 is 6.03 Å². The molecule has 0 aliphatic carbocycles. The lowest BCUT2D eigenvalue weighted by Gasteiger charge is -2.16. The Morgan fingerprint density at radius 3 is 3.08 bits per heavy atom. The smallest absolute Gasteiger partial charge is 0.323 e. The first-order valence-corrected chi connectivity index (χ1v) is 9.31. The third-order valence-electron chi connectivity index (χ3n) is 4.28. The maximum absolute atomic E-state index is 12.4. The molecule has 8 heteroatoms. The second-order valence-electron chi connectivity index (χ2n) is 6.36. The Morgan fingerprint density at radius 1 is 1.46 bits per heavy atom. The summed E-state index contributed by atoms with van der Waals surface area (Å²) < 4.78 is 1.82. The van der Waals surface area contributed by atoms with E-state index in [1.54, 1.807) is 0 Å². The number of aryl methyl sites for hydroxylation is 2. The summed E-state index contributed by atoms with van der Waals surface area (Å²) in [5, 5.41) is 16.9.